The Kier molecular flexibility index (Phi) is 3.52. The van der Waals surface area contributed by atoms with E-state index >= 15 is 0 Å². The molecule has 1 rings (SSSR count). The van der Waals surface area contributed by atoms with Crippen LogP contribution in [0.3, 0.4) is 0 Å². The first kappa shape index (κ1) is 9.80. The van der Waals surface area contributed by atoms with Gasteiger partial charge in [0.25, 0.3) is 0 Å². The van der Waals surface area contributed by atoms with Crippen LogP contribution in [0, 0.1) is 6.20 Å². The van der Waals surface area contributed by atoms with Gasteiger partial charge in [0.2, 0.25) is 5.88 Å². The van der Waals surface area contributed by atoms with Gasteiger partial charge in [0.05, 0.1) is 11.6 Å². The Morgan fingerprint density at radius 3 is 3.00 bits per heavy atom. The van der Waals surface area contributed by atoms with Crippen molar-refractivity contribution in [2.75, 3.05) is 6.61 Å². The minimum Gasteiger partial charge on any atom is -0.434 e. The second kappa shape index (κ2) is 4.67. The van der Waals surface area contributed by atoms with Gasteiger partial charge in [-0.25, -0.2) is 9.78 Å². The molecule has 1 aromatic rings. The summed E-state index contributed by atoms with van der Waals surface area (Å²) in [5.41, 5.74) is 0. The lowest BCUT2D eigenvalue weighted by Gasteiger charge is -2.01. The van der Waals surface area contributed by atoms with Gasteiger partial charge in [-0.2, -0.15) is 0 Å². The number of carbonyl (C=O) groups is 1. The molecule has 0 unspecified atom stereocenters. The van der Waals surface area contributed by atoms with E-state index in [0.717, 1.165) is 0 Å². The van der Waals surface area contributed by atoms with Crippen molar-refractivity contribution in [3.63, 3.8) is 0 Å². The van der Waals surface area contributed by atoms with Gasteiger partial charge >= 0.3 is 6.16 Å². The summed E-state index contributed by atoms with van der Waals surface area (Å²) < 4.78 is 9.18. The molecule has 1 aromatic heterocycles. The van der Waals surface area contributed by atoms with Crippen molar-refractivity contribution < 1.29 is 14.3 Å². The van der Waals surface area contributed by atoms with Crippen molar-refractivity contribution in [1.29, 1.82) is 0 Å². The van der Waals surface area contributed by atoms with Crippen LogP contribution in [0.15, 0.2) is 12.1 Å². The summed E-state index contributed by atoms with van der Waals surface area (Å²) >= 11 is 5.52. The zero-order valence-corrected chi connectivity index (χ0v) is 7.67. The number of carbonyl (C=O) groups excluding carboxylic acids is 1. The van der Waals surface area contributed by atoms with Gasteiger partial charge in [-0.1, -0.05) is 11.6 Å². The smallest absolute Gasteiger partial charge is 0.434 e. The van der Waals surface area contributed by atoms with Crippen LogP contribution in [-0.4, -0.2) is 17.7 Å². The number of ether oxygens (including phenoxy) is 2. The Labute approximate surface area is 80.4 Å². The van der Waals surface area contributed by atoms with Crippen molar-refractivity contribution in [2.24, 2.45) is 0 Å². The molecule has 0 spiro atoms. The maximum Gasteiger partial charge on any atom is 0.515 e. The summed E-state index contributed by atoms with van der Waals surface area (Å²) in [6, 6.07) is 2.97. The quantitative estimate of drug-likeness (QED) is 0.686. The monoisotopic (exact) mass is 200 g/mol. The van der Waals surface area contributed by atoms with E-state index in [1.807, 2.05) is 0 Å². The van der Waals surface area contributed by atoms with Crippen LogP contribution in [0.4, 0.5) is 4.79 Å². The molecule has 0 bridgehead atoms. The molecule has 1 heterocycles. The van der Waals surface area contributed by atoms with E-state index < -0.39 is 6.16 Å². The largest absolute Gasteiger partial charge is 0.515 e. The van der Waals surface area contributed by atoms with Crippen LogP contribution in [0.2, 0.25) is 5.02 Å². The molecule has 0 saturated heterocycles. The van der Waals surface area contributed by atoms with Gasteiger partial charge in [-0.05, 0) is 13.0 Å². The van der Waals surface area contributed by atoms with Gasteiger partial charge in [0.1, 0.15) is 6.20 Å². The first-order valence-corrected chi connectivity index (χ1v) is 3.99. The fourth-order valence-corrected chi connectivity index (χ4v) is 0.722. The number of hydrogen-bond acceptors (Lipinski definition) is 4. The van der Waals surface area contributed by atoms with E-state index in [4.69, 9.17) is 11.6 Å². The molecule has 5 heteroatoms. The number of rotatable bonds is 2. The first-order valence-electron chi connectivity index (χ1n) is 3.61. The zero-order chi connectivity index (χ0) is 9.68. The highest BCUT2D eigenvalue weighted by Crippen LogP contribution is 2.11. The van der Waals surface area contributed by atoms with Crippen molar-refractivity contribution in [3.05, 3.63) is 23.4 Å². The topological polar surface area (TPSA) is 48.4 Å². The highest BCUT2D eigenvalue weighted by Gasteiger charge is 2.04. The lowest BCUT2D eigenvalue weighted by Crippen LogP contribution is -2.10. The predicted molar refractivity (Wildman–Crippen MR) is 45.7 cm³/mol. The molecule has 0 N–H and O–H groups in total. The Morgan fingerprint density at radius 1 is 1.69 bits per heavy atom. The van der Waals surface area contributed by atoms with Crippen LogP contribution in [0.5, 0.6) is 5.88 Å². The van der Waals surface area contributed by atoms with E-state index in [1.54, 1.807) is 6.92 Å². The van der Waals surface area contributed by atoms with Crippen molar-refractivity contribution in [2.45, 2.75) is 6.92 Å². The number of aromatic nitrogens is 1. The summed E-state index contributed by atoms with van der Waals surface area (Å²) in [6.45, 7) is 1.94. The van der Waals surface area contributed by atoms with Crippen LogP contribution in [0.1, 0.15) is 6.92 Å². The molecule has 0 aliphatic rings. The third kappa shape index (κ3) is 3.29. The zero-order valence-electron chi connectivity index (χ0n) is 6.91. The average molecular weight is 201 g/mol. The van der Waals surface area contributed by atoms with Gasteiger partial charge in [-0.15, -0.1) is 0 Å². The summed E-state index contributed by atoms with van der Waals surface area (Å²) in [7, 11) is 0. The number of hydrogen-bond donors (Lipinski definition) is 0. The van der Waals surface area contributed by atoms with E-state index in [-0.39, 0.29) is 12.5 Å². The molecule has 4 nitrogen and oxygen atoms in total. The van der Waals surface area contributed by atoms with E-state index in [2.05, 4.69) is 20.7 Å². The van der Waals surface area contributed by atoms with Gasteiger partial charge in [-0.3, -0.25) is 0 Å². The summed E-state index contributed by atoms with van der Waals surface area (Å²) in [6.07, 6.45) is 1.64. The third-order valence-corrected chi connectivity index (χ3v) is 1.31. The van der Waals surface area contributed by atoms with Crippen LogP contribution in [-0.2, 0) is 4.74 Å². The maximum absolute atomic E-state index is 10.8. The Morgan fingerprint density at radius 2 is 2.46 bits per heavy atom. The second-order valence-electron chi connectivity index (χ2n) is 2.03. The SMILES string of the molecule is CCOC(=O)Oc1ccc(Cl)[c]n1. The minimum absolute atomic E-state index is 0.114. The molecule has 0 saturated carbocycles. The number of halogens is 1. The van der Waals surface area contributed by atoms with Gasteiger partial charge in [0.15, 0.2) is 0 Å². The Hall–Kier alpha value is -1.29. The lowest BCUT2D eigenvalue weighted by atomic mass is 10.5. The molecule has 0 aliphatic heterocycles. The van der Waals surface area contributed by atoms with Crippen LogP contribution < -0.4 is 4.74 Å². The molecule has 1 radical (unpaired) electrons. The van der Waals surface area contributed by atoms with E-state index in [9.17, 15) is 4.79 Å². The van der Waals surface area contributed by atoms with Gasteiger partial charge in [0, 0.05) is 6.07 Å². The molecule has 0 aliphatic carbocycles. The van der Waals surface area contributed by atoms with Crippen molar-refractivity contribution in [1.82, 2.24) is 4.98 Å². The highest BCUT2D eigenvalue weighted by atomic mass is 35.5. The molecule has 13 heavy (non-hydrogen) atoms. The minimum atomic E-state index is -0.786. The predicted octanol–water partition coefficient (Wildman–Crippen LogP) is 2.07. The molecule has 0 atom stereocenters. The number of pyridine rings is 1. The number of nitrogens with zero attached hydrogens (tertiary/aromatic N) is 1. The Balaban J connectivity index is 2.54. The fourth-order valence-electron chi connectivity index (χ4n) is 0.617. The van der Waals surface area contributed by atoms with Crippen LogP contribution >= 0.6 is 11.6 Å². The van der Waals surface area contributed by atoms with E-state index in [1.165, 1.54) is 12.1 Å². The molecule has 0 amide bonds. The molecular formula is C8H7ClNO3. The maximum atomic E-state index is 10.8. The molecule has 69 valence electrons. The summed E-state index contributed by atoms with van der Waals surface area (Å²) in [4.78, 5) is 14.4. The summed E-state index contributed by atoms with van der Waals surface area (Å²) in [5, 5.41) is 0.358. The first-order chi connectivity index (χ1) is 6.22. The van der Waals surface area contributed by atoms with Gasteiger partial charge < -0.3 is 9.47 Å². The lowest BCUT2D eigenvalue weighted by molar-refractivity contribution is 0.102. The second-order valence-corrected chi connectivity index (χ2v) is 2.44. The van der Waals surface area contributed by atoms with Crippen molar-refractivity contribution >= 4 is 17.8 Å². The molecule has 0 fully saturated rings. The average Bonchev–Trinajstić information content (AvgIpc) is 2.09. The fraction of sp³-hybridized carbons (Fsp3) is 0.250. The Bertz CT molecular complexity index is 286. The van der Waals surface area contributed by atoms with E-state index in [0.29, 0.717) is 5.02 Å². The highest BCUT2D eigenvalue weighted by molar-refractivity contribution is 6.30. The third-order valence-electron chi connectivity index (χ3n) is 1.10. The van der Waals surface area contributed by atoms with Crippen LogP contribution in [0.25, 0.3) is 0 Å². The molecule has 0 aromatic carbocycles. The molecular weight excluding hydrogens is 194 g/mol. The standard InChI is InChI=1S/C8H7ClNO3/c1-2-12-8(11)13-7-4-3-6(9)5-10-7/h3-4H,2H2,1H3. The normalized spacial score (nSPS) is 9.38. The summed E-state index contributed by atoms with van der Waals surface area (Å²) in [5.74, 6) is 0.114. The van der Waals surface area contributed by atoms with Crippen molar-refractivity contribution in [3.8, 4) is 5.88 Å².